The van der Waals surface area contributed by atoms with Gasteiger partial charge >= 0.3 is 0 Å². The molecule has 41 nitrogen and oxygen atoms in total. The van der Waals surface area contributed by atoms with Crippen LogP contribution in [0.3, 0.4) is 0 Å². The summed E-state index contributed by atoms with van der Waals surface area (Å²) in [6.45, 7) is 23.9. The Morgan fingerprint density at radius 2 is 0.727 bits per heavy atom. The highest BCUT2D eigenvalue weighted by Crippen LogP contribution is 2.39. The fraction of sp³-hybridized carbons (Fsp3) is 0.350. The first-order valence-corrected chi connectivity index (χ1v) is 52.0. The Morgan fingerprint density at radius 1 is 0.353 bits per heavy atom. The molecular weight excluding hydrogens is 1970 g/mol. The lowest BCUT2D eigenvalue weighted by Gasteiger charge is -2.34. The van der Waals surface area contributed by atoms with Crippen molar-refractivity contribution in [2.24, 2.45) is 0 Å². The Morgan fingerprint density at radius 3 is 1.14 bits per heavy atom. The van der Waals surface area contributed by atoms with Gasteiger partial charge in [0.15, 0.2) is 0 Å². The van der Waals surface area contributed by atoms with Crippen molar-refractivity contribution in [2.75, 3.05) is 160 Å². The number of rotatable bonds is 31. The van der Waals surface area contributed by atoms with Crippen molar-refractivity contribution < 1.29 is 33.6 Å². The van der Waals surface area contributed by atoms with Crippen molar-refractivity contribution in [1.82, 2.24) is 129 Å². The summed E-state index contributed by atoms with van der Waals surface area (Å²) >= 11 is 4.10. The van der Waals surface area contributed by atoms with Crippen LogP contribution in [0.5, 0.6) is 0 Å². The normalized spacial score (nSPS) is 15.3. The van der Waals surface area contributed by atoms with Crippen LogP contribution in [-0.4, -0.2) is 272 Å². The number of hydrogen-bond acceptors (Lipinski definition) is 41. The average Bonchev–Trinajstić information content (AvgIpc) is 1.42. The zero-order valence-corrected chi connectivity index (χ0v) is 86.2. The molecule has 15 heterocycles. The number of benzene rings is 5. The van der Waals surface area contributed by atoms with E-state index in [4.69, 9.17) is 4.98 Å². The average molecular weight is 2090 g/mol. The first-order valence-electron chi connectivity index (χ1n) is 49.6. The summed E-state index contributed by atoms with van der Waals surface area (Å²) in [4.78, 5) is 111. The van der Waals surface area contributed by atoms with Crippen LogP contribution in [0.2, 0.25) is 0 Å². The predicted molar refractivity (Wildman–Crippen MR) is 568 cm³/mol. The highest BCUT2D eigenvalue weighted by Gasteiger charge is 2.33. The number of aryl methyl sites for hydroxylation is 2. The largest absolute Gasteiger partial charge is 0.391 e. The molecular formula is C103H116F3N37O4S3. The number of hydrogen-bond donors (Lipinski definition) is 7. The lowest BCUT2D eigenvalue weighted by Crippen LogP contribution is -2.47. The van der Waals surface area contributed by atoms with E-state index in [0.29, 0.717) is 140 Å². The van der Waals surface area contributed by atoms with E-state index in [9.17, 15) is 33.6 Å². The molecule has 0 bridgehead atoms. The van der Waals surface area contributed by atoms with Crippen molar-refractivity contribution in [1.29, 1.82) is 0 Å². The van der Waals surface area contributed by atoms with E-state index in [1.807, 2.05) is 82.0 Å². The Hall–Kier alpha value is -15.4. The molecule has 150 heavy (non-hydrogen) atoms. The van der Waals surface area contributed by atoms with Crippen LogP contribution in [0.4, 0.5) is 95.7 Å². The summed E-state index contributed by atoms with van der Waals surface area (Å²) in [7, 11) is 0. The van der Waals surface area contributed by atoms with E-state index in [1.54, 1.807) is 133 Å². The van der Waals surface area contributed by atoms with Crippen LogP contribution >= 0.6 is 35.3 Å². The van der Waals surface area contributed by atoms with Crippen LogP contribution in [0, 0.1) is 38.2 Å². The number of aromatic nitrogens is 26. The highest BCUT2D eigenvalue weighted by atomic mass is 32.2. The van der Waals surface area contributed by atoms with Crippen molar-refractivity contribution in [3.05, 3.63) is 283 Å². The molecule has 0 unspecified atom stereocenters. The molecule has 4 saturated heterocycles. The Labute approximate surface area is 877 Å². The van der Waals surface area contributed by atoms with Gasteiger partial charge in [-0.2, -0.15) is 35.2 Å². The third-order valence-corrected chi connectivity index (χ3v) is 28.2. The van der Waals surface area contributed by atoms with E-state index < -0.39 is 23.9 Å². The summed E-state index contributed by atoms with van der Waals surface area (Å²) in [6.07, 6.45) is 30.8. The van der Waals surface area contributed by atoms with Gasteiger partial charge in [-0.05, 0) is 132 Å². The third-order valence-electron chi connectivity index (χ3n) is 25.3. The highest BCUT2D eigenvalue weighted by molar-refractivity contribution is 7.99. The van der Waals surface area contributed by atoms with Gasteiger partial charge in [-0.1, -0.05) is 121 Å². The maximum Gasteiger partial charge on any atom is 0.232 e. The van der Waals surface area contributed by atoms with Gasteiger partial charge in [-0.25, -0.2) is 92.9 Å². The first-order chi connectivity index (χ1) is 73.0. The second-order valence-electron chi connectivity index (χ2n) is 36.7. The Bertz CT molecular complexity index is 6870. The number of aliphatic hydroxyl groups is 4. The maximum atomic E-state index is 13.9. The molecule has 47 heteroatoms. The third kappa shape index (κ3) is 28.5. The second kappa shape index (κ2) is 50.0. The van der Waals surface area contributed by atoms with Crippen LogP contribution in [0.1, 0.15) is 98.0 Å². The van der Waals surface area contributed by atoms with Crippen LogP contribution in [0.25, 0.3) is 0 Å². The summed E-state index contributed by atoms with van der Waals surface area (Å²) in [5.41, 5.74) is 8.67. The van der Waals surface area contributed by atoms with Gasteiger partial charge in [-0.15, -0.1) is 0 Å². The van der Waals surface area contributed by atoms with Crippen molar-refractivity contribution in [3.63, 3.8) is 0 Å². The molecule has 5 aromatic carbocycles. The smallest absolute Gasteiger partial charge is 0.232 e. The molecule has 1 saturated carbocycles. The van der Waals surface area contributed by atoms with E-state index in [1.165, 1.54) is 84.2 Å². The molecule has 4 aliphatic heterocycles. The topological polar surface area (TPSA) is 454 Å². The number of aliphatic hydroxyl groups excluding tert-OH is 3. The minimum absolute atomic E-state index is 0.254. The fourth-order valence-electron chi connectivity index (χ4n) is 17.4. The number of nitrogens with zero attached hydrogens (tertiary/aromatic N) is 34. The molecule has 21 rings (SSSR count). The zero-order chi connectivity index (χ0) is 104. The van der Waals surface area contributed by atoms with Crippen molar-refractivity contribution >= 4 is 118 Å². The lowest BCUT2D eigenvalue weighted by atomic mass is 9.80. The van der Waals surface area contributed by atoms with E-state index in [-0.39, 0.29) is 17.5 Å². The molecule has 11 aromatic heterocycles. The molecule has 5 fully saturated rings. The van der Waals surface area contributed by atoms with Gasteiger partial charge in [-0.3, -0.25) is 14.0 Å². The van der Waals surface area contributed by atoms with Gasteiger partial charge in [0.05, 0.1) is 72.5 Å². The summed E-state index contributed by atoms with van der Waals surface area (Å²) in [5, 5.41) is 62.7. The van der Waals surface area contributed by atoms with E-state index in [2.05, 4.69) is 189 Å². The molecule has 1 aliphatic carbocycles. The summed E-state index contributed by atoms with van der Waals surface area (Å²) in [6, 6.07) is 38.0. The first kappa shape index (κ1) is 105. The van der Waals surface area contributed by atoms with Gasteiger partial charge in [0.2, 0.25) is 65.4 Å². The minimum Gasteiger partial charge on any atom is -0.391 e. The van der Waals surface area contributed by atoms with E-state index >= 15 is 0 Å². The molecule has 3 atom stereocenters. The van der Waals surface area contributed by atoms with Gasteiger partial charge in [0.25, 0.3) is 0 Å². The molecule has 16 aromatic rings. The molecule has 5 aliphatic rings. The second-order valence-corrected chi connectivity index (χ2v) is 40.0. The standard InChI is InChI=1S/C30H34N8O.C25H28FN9OS.2C24H27FN10OS/c39-30(13-5-2-6-14-30)25-9-11-26(12-10-25)35-27-33-22-34-29(36-27)38-17-15-37(16-18-38)28-31-20-24(21-32-28)19-23-7-3-1-4-8-23;1-17(36)15-35-18(2)19(12-31-35)11-23-29-16-30-25(32-23)34-9-7-33(8-10-34)24-27-13-20(14-28-24)37-22-6-4-3-5-21(22)26;1-16(36)13-35-14-21(17(2)32-35)30-22-28-15-29-24(31-22)34-9-7-33(8-10-34)23-26-11-20(12-27-23)37-19-5-3-18(25)4-6-19;1-16(36)13-35-14-20(17(2)32-35)30-22-28-15-29-24(31-22)34-9-7-33(8-10-34)23-26-11-18(12-27-23)37-21-6-4-3-5-19(21)25/h1,3-4,7-12,20-22,39H,2,5-6,13-19H2,(H,33,34,35,36);3-6,12-14,16-17,36H,7-11,15H2,1-2H3;2*3-6,11-12,14-16,36H,7-10,13H2,1-2H3,(H,28,29,30,31)/t;17-;2*16-/m.000/s1. The molecule has 0 spiro atoms. The summed E-state index contributed by atoms with van der Waals surface area (Å²) in [5.74, 6) is 6.48. The number of halogens is 3. The quantitative estimate of drug-likeness (QED) is 0.0212. The predicted octanol–water partition coefficient (Wildman–Crippen LogP) is 13.0. The minimum atomic E-state index is -0.700. The zero-order valence-electron chi connectivity index (χ0n) is 83.8. The number of piperazine rings is 4. The molecule has 0 amide bonds. The SMILES string of the molecule is Cc1c(Cc2ncnc(N3CCN(c4ncc(Sc5ccccc5F)cn4)CC3)n2)cnn1C[C@H](C)O.Cc1nn(C[C@H](C)O)cc1Nc1ncnc(N2CCN(c3ncc(Sc4ccc(F)cc4)cn3)CC2)n1.Cc1nn(C[C@H](C)O)cc1Nc1ncnc(N2CCN(c3ncc(Sc4ccccc4F)cn3)CC2)n1.OC1(c2ccc(Nc3ncnc(N4CCN(c5ncc(Cc6ccccc6)cn5)CC4)n3)cc2)CCCCC1. The van der Waals surface area contributed by atoms with Gasteiger partial charge in [0, 0.05) is 226 Å². The van der Waals surface area contributed by atoms with Crippen molar-refractivity contribution in [3.8, 4) is 0 Å². The molecule has 7 N–H and O–H groups in total. The van der Waals surface area contributed by atoms with Gasteiger partial charge in [0.1, 0.15) is 48.6 Å². The fourth-order valence-corrected chi connectivity index (χ4v) is 19.7. The Kier molecular flexibility index (Phi) is 34.9. The van der Waals surface area contributed by atoms with Crippen LogP contribution < -0.4 is 55.1 Å². The molecule has 0 radical (unpaired) electrons. The maximum absolute atomic E-state index is 13.9. The Balaban J connectivity index is 0.000000131. The van der Waals surface area contributed by atoms with E-state index in [0.717, 1.165) is 174 Å². The van der Waals surface area contributed by atoms with Crippen LogP contribution in [-0.2, 0) is 38.1 Å². The monoisotopic (exact) mass is 2090 g/mol. The van der Waals surface area contributed by atoms with Crippen LogP contribution in [0.15, 0.2) is 250 Å². The summed E-state index contributed by atoms with van der Waals surface area (Å²) < 4.78 is 46.1. The number of anilines is 14. The molecule has 776 valence electrons. The number of nitrogens with one attached hydrogen (secondary N) is 3. The lowest BCUT2D eigenvalue weighted by molar-refractivity contribution is -0.000621. The van der Waals surface area contributed by atoms with Gasteiger partial charge < -0.3 is 75.6 Å². The van der Waals surface area contributed by atoms with Crippen molar-refractivity contribution in [2.45, 2.75) is 159 Å².